The number of fused-ring (bicyclic) bond motifs is 1. The van der Waals surface area contributed by atoms with Crippen LogP contribution in [-0.2, 0) is 38.0 Å². The second kappa shape index (κ2) is 15.7. The van der Waals surface area contributed by atoms with Gasteiger partial charge in [-0.2, -0.15) is 0 Å². The molecule has 3 aliphatic heterocycles. The van der Waals surface area contributed by atoms with Crippen LogP contribution in [0.5, 0.6) is 0 Å². The number of aliphatic carboxylic acids is 1. The maximum atomic E-state index is 11.9. The van der Waals surface area contributed by atoms with Crippen LogP contribution >= 0.6 is 0 Å². The smallest absolute Gasteiger partial charge is 0.317 e. The van der Waals surface area contributed by atoms with Gasteiger partial charge in [-0.3, -0.25) is 9.59 Å². The molecule has 5 fully saturated rings. The summed E-state index contributed by atoms with van der Waals surface area (Å²) in [5.74, 6) is -3.83. The van der Waals surface area contributed by atoms with E-state index in [1.54, 1.807) is 0 Å². The summed E-state index contributed by atoms with van der Waals surface area (Å²) in [4.78, 5) is 22.8. The minimum atomic E-state index is -1.90. The second-order valence-electron chi connectivity index (χ2n) is 13.4. The molecule has 5 aliphatic rings. The van der Waals surface area contributed by atoms with E-state index < -0.39 is 148 Å². The molecule has 19 nitrogen and oxygen atoms in total. The van der Waals surface area contributed by atoms with E-state index in [0.717, 1.165) is 0 Å². The van der Waals surface area contributed by atoms with Gasteiger partial charge in [0.15, 0.2) is 12.6 Å². The Labute approximate surface area is 274 Å². The van der Waals surface area contributed by atoms with Gasteiger partial charge in [-0.15, -0.1) is 0 Å². The number of aliphatic hydroxyl groups is 10. The van der Waals surface area contributed by atoms with E-state index in [4.69, 9.17) is 33.5 Å². The van der Waals surface area contributed by atoms with Crippen LogP contribution in [0.3, 0.4) is 0 Å². The van der Waals surface area contributed by atoms with E-state index in [2.05, 4.69) is 0 Å². The van der Waals surface area contributed by atoms with Gasteiger partial charge in [0.25, 0.3) is 0 Å². The van der Waals surface area contributed by atoms with Crippen LogP contribution in [0.25, 0.3) is 0 Å². The summed E-state index contributed by atoms with van der Waals surface area (Å²) in [5.41, 5.74) is 0. The highest BCUT2D eigenvalue weighted by Gasteiger charge is 2.54. The fourth-order valence-corrected chi connectivity index (χ4v) is 7.34. The zero-order valence-corrected chi connectivity index (χ0v) is 25.8. The van der Waals surface area contributed by atoms with Crippen molar-refractivity contribution in [2.24, 2.45) is 11.8 Å². The minimum absolute atomic E-state index is 0.0253. The molecule has 19 heteroatoms. The number of carbonyl (C=O) groups excluding carboxylic acids is 1. The average molecular weight is 699 g/mol. The molecule has 2 aliphatic carbocycles. The van der Waals surface area contributed by atoms with E-state index in [1.807, 2.05) is 0 Å². The van der Waals surface area contributed by atoms with Crippen molar-refractivity contribution in [3.63, 3.8) is 0 Å². The molecule has 3 saturated heterocycles. The van der Waals surface area contributed by atoms with Crippen molar-refractivity contribution < 1.29 is 94.2 Å². The number of carboxylic acids is 1. The third kappa shape index (κ3) is 8.27. The van der Waals surface area contributed by atoms with Crippen molar-refractivity contribution in [1.29, 1.82) is 0 Å². The van der Waals surface area contributed by atoms with Gasteiger partial charge in [0.1, 0.15) is 61.9 Å². The number of aliphatic hydroxyl groups excluding tert-OH is 10. The first kappa shape index (κ1) is 37.6. The standard InChI is InChI=1S/C29H46O19/c30-10-3-12(31)11-5-17(26(45-16(11)4-10)9-1-13(32)21(38)14(33)2-9)46-29-27(48-28-25(42)22(39)15(34)7-44-28)24(41)23(40)18(47-29)8-43-20(37)6-19(35)36/h9-18,21-34,38-42H,1-8H2,(H,35,36). The first-order valence-electron chi connectivity index (χ1n) is 16.1. The Morgan fingerprint density at radius 3 is 2.02 bits per heavy atom. The van der Waals surface area contributed by atoms with Crippen molar-refractivity contribution in [2.75, 3.05) is 13.2 Å². The molecular formula is C29H46O19. The molecule has 48 heavy (non-hydrogen) atoms. The molecule has 11 N–H and O–H groups in total. The quantitative estimate of drug-likeness (QED) is 0.0790. The lowest BCUT2D eigenvalue weighted by Crippen LogP contribution is -2.65. The van der Waals surface area contributed by atoms with Gasteiger partial charge in [-0.1, -0.05) is 0 Å². The van der Waals surface area contributed by atoms with E-state index in [9.17, 15) is 60.7 Å². The Morgan fingerprint density at radius 1 is 0.667 bits per heavy atom. The van der Waals surface area contributed by atoms with E-state index in [0.29, 0.717) is 0 Å². The predicted octanol–water partition coefficient (Wildman–Crippen LogP) is -5.56. The SMILES string of the molecule is O=C(O)CC(=O)OCC1OC(OC2CC3C(O)CC(O)CC3OC2C2CC(O)C(O)C(O)C2)C(OC2OCC(O)C(O)C2O)C(O)C1O. The van der Waals surface area contributed by atoms with Crippen LogP contribution < -0.4 is 0 Å². The zero-order chi connectivity index (χ0) is 35.0. The molecular weight excluding hydrogens is 652 g/mol. The molecule has 0 bridgehead atoms. The lowest BCUT2D eigenvalue weighted by atomic mass is 9.72. The fraction of sp³-hybridized carbons (Fsp3) is 0.931. The summed E-state index contributed by atoms with van der Waals surface area (Å²) in [6.07, 6.45) is -24.6. The molecule has 5 rings (SSSR count). The average Bonchev–Trinajstić information content (AvgIpc) is 3.02. The molecule has 0 spiro atoms. The number of carboxylic acid groups (broad SMARTS) is 1. The van der Waals surface area contributed by atoms with Gasteiger partial charge in [0.2, 0.25) is 0 Å². The summed E-state index contributed by atoms with van der Waals surface area (Å²) < 4.78 is 34.6. The third-order valence-corrected chi connectivity index (χ3v) is 9.94. The lowest BCUT2D eigenvalue weighted by Gasteiger charge is -2.52. The van der Waals surface area contributed by atoms with Crippen molar-refractivity contribution in [3.8, 4) is 0 Å². The molecule has 0 aromatic carbocycles. The van der Waals surface area contributed by atoms with Gasteiger partial charge in [0.05, 0.1) is 49.3 Å². The van der Waals surface area contributed by atoms with Crippen LogP contribution in [0.4, 0.5) is 0 Å². The van der Waals surface area contributed by atoms with Gasteiger partial charge in [-0.05, 0) is 38.0 Å². The molecule has 276 valence electrons. The number of ether oxygens (including phenoxy) is 6. The summed E-state index contributed by atoms with van der Waals surface area (Å²) in [6.45, 7) is -1.19. The largest absolute Gasteiger partial charge is 0.481 e. The van der Waals surface area contributed by atoms with Crippen LogP contribution in [0, 0.1) is 11.8 Å². The Morgan fingerprint density at radius 2 is 1.35 bits per heavy atom. The van der Waals surface area contributed by atoms with Gasteiger partial charge < -0.3 is 84.6 Å². The summed E-state index contributed by atoms with van der Waals surface area (Å²) in [7, 11) is 0. The summed E-state index contributed by atoms with van der Waals surface area (Å²) in [5, 5.41) is 114. The highest BCUT2D eigenvalue weighted by Crippen LogP contribution is 2.43. The molecule has 0 radical (unpaired) electrons. The van der Waals surface area contributed by atoms with Gasteiger partial charge in [-0.25, -0.2) is 0 Å². The Bertz CT molecular complexity index is 1080. The normalized spacial score (nSPS) is 49.9. The van der Waals surface area contributed by atoms with Crippen LogP contribution in [0.15, 0.2) is 0 Å². The van der Waals surface area contributed by atoms with Crippen LogP contribution in [-0.4, -0.2) is 185 Å². The van der Waals surface area contributed by atoms with E-state index in [1.165, 1.54) is 0 Å². The molecule has 17 atom stereocenters. The minimum Gasteiger partial charge on any atom is -0.481 e. The number of hydrogen-bond acceptors (Lipinski definition) is 18. The molecule has 2 saturated carbocycles. The highest BCUT2D eigenvalue weighted by molar-refractivity contribution is 5.90. The molecule has 0 aromatic heterocycles. The van der Waals surface area contributed by atoms with Crippen molar-refractivity contribution in [3.05, 3.63) is 0 Å². The second-order valence-corrected chi connectivity index (χ2v) is 13.4. The van der Waals surface area contributed by atoms with Gasteiger partial charge >= 0.3 is 11.9 Å². The fourth-order valence-electron chi connectivity index (χ4n) is 7.34. The molecule has 0 amide bonds. The maximum Gasteiger partial charge on any atom is 0.317 e. The zero-order valence-electron chi connectivity index (χ0n) is 25.8. The van der Waals surface area contributed by atoms with E-state index in [-0.39, 0.29) is 32.1 Å². The topological polar surface area (TPSA) is 312 Å². The van der Waals surface area contributed by atoms with E-state index >= 15 is 0 Å². The van der Waals surface area contributed by atoms with Crippen molar-refractivity contribution in [1.82, 2.24) is 0 Å². The maximum absolute atomic E-state index is 11.9. The first-order chi connectivity index (χ1) is 22.6. The van der Waals surface area contributed by atoms with Crippen molar-refractivity contribution >= 4 is 11.9 Å². The van der Waals surface area contributed by atoms with Crippen molar-refractivity contribution in [2.45, 2.75) is 143 Å². The first-order valence-corrected chi connectivity index (χ1v) is 16.1. The Hall–Kier alpha value is -1.66. The molecule has 3 heterocycles. The lowest BCUT2D eigenvalue weighted by molar-refractivity contribution is -0.371. The summed E-state index contributed by atoms with van der Waals surface area (Å²) >= 11 is 0. The number of hydrogen-bond donors (Lipinski definition) is 11. The number of esters is 1. The Balaban J connectivity index is 1.42. The van der Waals surface area contributed by atoms with Crippen LogP contribution in [0.1, 0.15) is 38.5 Å². The summed E-state index contributed by atoms with van der Waals surface area (Å²) in [6, 6.07) is 0. The number of rotatable bonds is 9. The Kier molecular flexibility index (Phi) is 12.3. The highest BCUT2D eigenvalue weighted by atomic mass is 16.8. The third-order valence-electron chi connectivity index (χ3n) is 9.94. The monoisotopic (exact) mass is 698 g/mol. The molecule has 0 aromatic rings. The van der Waals surface area contributed by atoms with Crippen LogP contribution in [0.2, 0.25) is 0 Å². The predicted molar refractivity (Wildman–Crippen MR) is 150 cm³/mol. The number of carbonyl (C=O) groups is 2. The molecule has 17 unspecified atom stereocenters. The van der Waals surface area contributed by atoms with Gasteiger partial charge in [0, 0.05) is 5.92 Å².